The molecule has 2 aromatic rings. The third kappa shape index (κ3) is 1.93. The number of aromatic amines is 1. The molecule has 0 saturated heterocycles. The average Bonchev–Trinajstić information content (AvgIpc) is 2.64. The molecule has 1 heterocycles. The highest BCUT2D eigenvalue weighted by molar-refractivity contribution is 5.61. The standard InChI is InChI=1S/C11H9F3N2/c1-7-6-15-10(16-7)8-4-2-3-5-9(8)11(12,13)14/h2-6H,1H3,(H,15,16). The van der Waals surface area contributed by atoms with Crippen molar-refractivity contribution in [2.75, 3.05) is 0 Å². The van der Waals surface area contributed by atoms with E-state index in [1.165, 1.54) is 18.3 Å². The van der Waals surface area contributed by atoms with Crippen LogP contribution >= 0.6 is 0 Å². The molecule has 84 valence electrons. The Bertz CT molecular complexity index is 500. The van der Waals surface area contributed by atoms with Crippen LogP contribution in [0.3, 0.4) is 0 Å². The number of hydrogen-bond donors (Lipinski definition) is 1. The molecule has 0 spiro atoms. The predicted octanol–water partition coefficient (Wildman–Crippen LogP) is 3.40. The lowest BCUT2D eigenvalue weighted by Gasteiger charge is -2.10. The summed E-state index contributed by atoms with van der Waals surface area (Å²) in [6.45, 7) is 1.74. The van der Waals surface area contributed by atoms with Gasteiger partial charge in [0.1, 0.15) is 5.82 Å². The Morgan fingerprint density at radius 3 is 2.44 bits per heavy atom. The number of nitrogens with zero attached hydrogens (tertiary/aromatic N) is 1. The molecule has 0 saturated carbocycles. The number of aryl methyl sites for hydroxylation is 1. The fourth-order valence-electron chi connectivity index (χ4n) is 1.49. The molecular weight excluding hydrogens is 217 g/mol. The van der Waals surface area contributed by atoms with Gasteiger partial charge in [-0.15, -0.1) is 0 Å². The molecule has 0 atom stereocenters. The van der Waals surface area contributed by atoms with Gasteiger partial charge in [-0.3, -0.25) is 0 Å². The van der Waals surface area contributed by atoms with Gasteiger partial charge in [0.25, 0.3) is 0 Å². The number of halogens is 3. The molecule has 0 radical (unpaired) electrons. The zero-order valence-electron chi connectivity index (χ0n) is 8.47. The summed E-state index contributed by atoms with van der Waals surface area (Å²) in [7, 11) is 0. The Hall–Kier alpha value is -1.78. The zero-order valence-corrected chi connectivity index (χ0v) is 8.47. The minimum Gasteiger partial charge on any atom is -0.342 e. The number of benzene rings is 1. The number of hydrogen-bond acceptors (Lipinski definition) is 1. The number of nitrogens with one attached hydrogen (secondary N) is 1. The molecule has 1 N–H and O–H groups in total. The van der Waals surface area contributed by atoms with E-state index in [0.717, 1.165) is 11.8 Å². The summed E-state index contributed by atoms with van der Waals surface area (Å²) in [6.07, 6.45) is -2.86. The van der Waals surface area contributed by atoms with Gasteiger partial charge in [-0.05, 0) is 13.0 Å². The van der Waals surface area contributed by atoms with E-state index in [4.69, 9.17) is 0 Å². The van der Waals surface area contributed by atoms with E-state index in [0.29, 0.717) is 0 Å². The Kier molecular flexibility index (Phi) is 2.46. The molecule has 0 aliphatic rings. The van der Waals surface area contributed by atoms with Crippen molar-refractivity contribution >= 4 is 0 Å². The van der Waals surface area contributed by atoms with Crippen LogP contribution in [-0.2, 0) is 6.18 Å². The van der Waals surface area contributed by atoms with Crippen molar-refractivity contribution in [2.24, 2.45) is 0 Å². The molecule has 0 bridgehead atoms. The van der Waals surface area contributed by atoms with E-state index in [9.17, 15) is 13.2 Å². The second-order valence-corrected chi connectivity index (χ2v) is 3.46. The molecular formula is C11H9F3N2. The molecule has 0 amide bonds. The lowest BCUT2D eigenvalue weighted by molar-refractivity contribution is -0.137. The first-order valence-electron chi connectivity index (χ1n) is 4.66. The van der Waals surface area contributed by atoms with E-state index in [1.54, 1.807) is 13.0 Å². The van der Waals surface area contributed by atoms with Crippen molar-refractivity contribution < 1.29 is 13.2 Å². The molecule has 1 aromatic carbocycles. The van der Waals surface area contributed by atoms with Gasteiger partial charge < -0.3 is 4.98 Å². The Morgan fingerprint density at radius 1 is 1.19 bits per heavy atom. The maximum Gasteiger partial charge on any atom is 0.417 e. The first-order valence-corrected chi connectivity index (χ1v) is 4.66. The van der Waals surface area contributed by atoms with Crippen LogP contribution in [0.1, 0.15) is 11.3 Å². The number of imidazole rings is 1. The van der Waals surface area contributed by atoms with Gasteiger partial charge in [0.15, 0.2) is 0 Å². The van der Waals surface area contributed by atoms with Crippen LogP contribution in [-0.4, -0.2) is 9.97 Å². The van der Waals surface area contributed by atoms with Gasteiger partial charge >= 0.3 is 6.18 Å². The summed E-state index contributed by atoms with van der Waals surface area (Å²) in [5.74, 6) is 0.241. The Balaban J connectivity index is 2.57. The van der Waals surface area contributed by atoms with Gasteiger partial charge in [-0.2, -0.15) is 13.2 Å². The minimum atomic E-state index is -4.36. The summed E-state index contributed by atoms with van der Waals surface area (Å²) in [4.78, 5) is 6.70. The van der Waals surface area contributed by atoms with Crippen LogP contribution in [0.25, 0.3) is 11.4 Å². The highest BCUT2D eigenvalue weighted by Gasteiger charge is 2.33. The van der Waals surface area contributed by atoms with E-state index in [1.807, 2.05) is 0 Å². The maximum atomic E-state index is 12.7. The molecule has 5 heteroatoms. The zero-order chi connectivity index (χ0) is 11.8. The first kappa shape index (κ1) is 10.7. The summed E-state index contributed by atoms with van der Waals surface area (Å²) in [5.41, 5.74) is 0.124. The van der Waals surface area contributed by atoms with Crippen molar-refractivity contribution in [3.05, 3.63) is 41.7 Å². The van der Waals surface area contributed by atoms with Gasteiger partial charge in [0, 0.05) is 17.5 Å². The van der Waals surface area contributed by atoms with Gasteiger partial charge in [-0.25, -0.2) is 4.98 Å². The van der Waals surface area contributed by atoms with Crippen molar-refractivity contribution in [3.63, 3.8) is 0 Å². The number of H-pyrrole nitrogens is 1. The molecule has 2 rings (SSSR count). The van der Waals surface area contributed by atoms with E-state index in [2.05, 4.69) is 9.97 Å². The fourth-order valence-corrected chi connectivity index (χ4v) is 1.49. The van der Waals surface area contributed by atoms with Crippen molar-refractivity contribution in [1.29, 1.82) is 0 Å². The molecule has 0 aliphatic carbocycles. The quantitative estimate of drug-likeness (QED) is 0.793. The minimum absolute atomic E-state index is 0.0723. The second-order valence-electron chi connectivity index (χ2n) is 3.46. The lowest BCUT2D eigenvalue weighted by Crippen LogP contribution is -2.07. The summed E-state index contributed by atoms with van der Waals surface area (Å²) in [6, 6.07) is 5.37. The smallest absolute Gasteiger partial charge is 0.342 e. The highest BCUT2D eigenvalue weighted by atomic mass is 19.4. The van der Waals surface area contributed by atoms with Crippen molar-refractivity contribution in [2.45, 2.75) is 13.1 Å². The van der Waals surface area contributed by atoms with Crippen LogP contribution in [0, 0.1) is 6.92 Å². The topological polar surface area (TPSA) is 28.7 Å². The van der Waals surface area contributed by atoms with Crippen molar-refractivity contribution in [1.82, 2.24) is 9.97 Å². The molecule has 2 nitrogen and oxygen atoms in total. The third-order valence-electron chi connectivity index (χ3n) is 2.19. The molecule has 0 unspecified atom stereocenters. The lowest BCUT2D eigenvalue weighted by atomic mass is 10.1. The van der Waals surface area contributed by atoms with Crippen LogP contribution in [0.5, 0.6) is 0 Å². The fraction of sp³-hybridized carbons (Fsp3) is 0.182. The van der Waals surface area contributed by atoms with Gasteiger partial charge in [-0.1, -0.05) is 18.2 Å². The Morgan fingerprint density at radius 2 is 1.88 bits per heavy atom. The average molecular weight is 226 g/mol. The van der Waals surface area contributed by atoms with E-state index in [-0.39, 0.29) is 11.4 Å². The summed E-state index contributed by atoms with van der Waals surface area (Å²) < 4.78 is 38.1. The predicted molar refractivity (Wildman–Crippen MR) is 53.8 cm³/mol. The normalized spacial score (nSPS) is 11.8. The van der Waals surface area contributed by atoms with Gasteiger partial charge in [0.05, 0.1) is 5.56 Å². The van der Waals surface area contributed by atoms with Gasteiger partial charge in [0.2, 0.25) is 0 Å². The number of alkyl halides is 3. The molecule has 1 aromatic heterocycles. The summed E-state index contributed by atoms with van der Waals surface area (Å²) in [5, 5.41) is 0. The second kappa shape index (κ2) is 3.66. The SMILES string of the molecule is Cc1cnc(-c2ccccc2C(F)(F)F)[nH]1. The van der Waals surface area contributed by atoms with Crippen LogP contribution < -0.4 is 0 Å². The van der Waals surface area contributed by atoms with Crippen LogP contribution in [0.15, 0.2) is 30.5 Å². The molecule has 16 heavy (non-hydrogen) atoms. The third-order valence-corrected chi connectivity index (χ3v) is 2.19. The largest absolute Gasteiger partial charge is 0.417 e. The monoisotopic (exact) mass is 226 g/mol. The highest BCUT2D eigenvalue weighted by Crippen LogP contribution is 2.35. The van der Waals surface area contributed by atoms with Crippen molar-refractivity contribution in [3.8, 4) is 11.4 Å². The Labute approximate surface area is 90.1 Å². The number of aromatic nitrogens is 2. The van der Waals surface area contributed by atoms with E-state index < -0.39 is 11.7 Å². The van der Waals surface area contributed by atoms with Crippen LogP contribution in [0.4, 0.5) is 13.2 Å². The molecule has 0 aliphatic heterocycles. The maximum absolute atomic E-state index is 12.7. The first-order chi connectivity index (χ1) is 7.48. The van der Waals surface area contributed by atoms with Crippen LogP contribution in [0.2, 0.25) is 0 Å². The number of rotatable bonds is 1. The molecule has 0 fully saturated rings. The van der Waals surface area contributed by atoms with E-state index >= 15 is 0 Å². The summed E-state index contributed by atoms with van der Waals surface area (Å²) >= 11 is 0.